The van der Waals surface area contributed by atoms with Crippen molar-refractivity contribution in [1.29, 1.82) is 0 Å². The molecule has 1 aromatic carbocycles. The quantitative estimate of drug-likeness (QED) is 0.859. The van der Waals surface area contributed by atoms with E-state index < -0.39 is 0 Å². The molecule has 1 N–H and O–H groups in total. The average Bonchev–Trinajstić information content (AvgIpc) is 3.07. The minimum atomic E-state index is -0.205. The van der Waals surface area contributed by atoms with Crippen LogP contribution in [0, 0.1) is 5.92 Å². The molecule has 0 bridgehead atoms. The Morgan fingerprint density at radius 2 is 1.92 bits per heavy atom. The van der Waals surface area contributed by atoms with Gasteiger partial charge in [-0.05, 0) is 31.4 Å². The number of nitrogens with one attached hydrogen (secondary N) is 1. The highest BCUT2D eigenvalue weighted by Gasteiger charge is 2.29. The molecule has 6 heteroatoms. The Kier molecular flexibility index (Phi) is 4.75. The second kappa shape index (κ2) is 7.33. The second-order valence-electron chi connectivity index (χ2n) is 6.68. The Morgan fingerprint density at radius 3 is 2.69 bits per heavy atom. The van der Waals surface area contributed by atoms with Gasteiger partial charge in [-0.1, -0.05) is 24.3 Å². The summed E-state index contributed by atoms with van der Waals surface area (Å²) in [6, 6.07) is 7.40. The van der Waals surface area contributed by atoms with Crippen LogP contribution in [0.15, 0.2) is 40.8 Å². The molecule has 2 aromatic rings. The van der Waals surface area contributed by atoms with Crippen LogP contribution in [0.1, 0.15) is 29.8 Å². The van der Waals surface area contributed by atoms with Gasteiger partial charge in [0, 0.05) is 24.4 Å². The van der Waals surface area contributed by atoms with E-state index in [-0.39, 0.29) is 23.5 Å². The molecule has 136 valence electrons. The minimum Gasteiger partial charge on any atom is -0.449 e. The molecule has 2 aliphatic rings. The molecule has 1 atom stereocenters. The van der Waals surface area contributed by atoms with Crippen LogP contribution in [-0.4, -0.2) is 43.0 Å². The summed E-state index contributed by atoms with van der Waals surface area (Å²) in [5.41, 5.74) is 1.08. The molecular weight excluding hydrogens is 332 g/mol. The topological polar surface area (TPSA) is 71.8 Å². The van der Waals surface area contributed by atoms with E-state index in [9.17, 15) is 9.59 Å². The maximum Gasteiger partial charge on any atom is 0.291 e. The number of benzene rings is 1. The predicted molar refractivity (Wildman–Crippen MR) is 98.0 cm³/mol. The molecule has 2 amide bonds. The monoisotopic (exact) mass is 354 g/mol. The minimum absolute atomic E-state index is 0.0584. The van der Waals surface area contributed by atoms with E-state index in [4.69, 9.17) is 9.15 Å². The van der Waals surface area contributed by atoms with Crippen molar-refractivity contribution in [2.24, 2.45) is 5.92 Å². The molecule has 1 aliphatic heterocycles. The Morgan fingerprint density at radius 1 is 1.12 bits per heavy atom. The highest BCUT2D eigenvalue weighted by Crippen LogP contribution is 2.33. The summed E-state index contributed by atoms with van der Waals surface area (Å²) in [5.74, 6) is -0.131. The van der Waals surface area contributed by atoms with E-state index in [2.05, 4.69) is 11.4 Å². The van der Waals surface area contributed by atoms with Crippen LogP contribution in [0.3, 0.4) is 0 Å². The van der Waals surface area contributed by atoms with Crippen LogP contribution in [0.5, 0.6) is 0 Å². The third-order valence-corrected chi connectivity index (χ3v) is 4.98. The van der Waals surface area contributed by atoms with Gasteiger partial charge in [-0.2, -0.15) is 0 Å². The van der Waals surface area contributed by atoms with Crippen molar-refractivity contribution in [2.45, 2.75) is 19.3 Å². The van der Waals surface area contributed by atoms with Gasteiger partial charge in [-0.25, -0.2) is 0 Å². The van der Waals surface area contributed by atoms with E-state index in [1.165, 1.54) is 0 Å². The number of fused-ring (bicyclic) bond motifs is 1. The molecule has 4 rings (SSSR count). The average molecular weight is 354 g/mol. The first kappa shape index (κ1) is 16.8. The van der Waals surface area contributed by atoms with Gasteiger partial charge in [0.2, 0.25) is 11.7 Å². The van der Waals surface area contributed by atoms with Crippen LogP contribution < -0.4 is 5.32 Å². The third-order valence-electron chi connectivity index (χ3n) is 4.98. The van der Waals surface area contributed by atoms with Gasteiger partial charge in [0.25, 0.3) is 5.91 Å². The lowest BCUT2D eigenvalue weighted by molar-refractivity contribution is -0.120. The number of hydrogen-bond acceptors (Lipinski definition) is 4. The number of nitrogens with zero attached hydrogens (tertiary/aromatic N) is 1. The maximum atomic E-state index is 13.0. The van der Waals surface area contributed by atoms with Crippen LogP contribution in [0.4, 0.5) is 5.69 Å². The van der Waals surface area contributed by atoms with Crippen molar-refractivity contribution < 1.29 is 18.7 Å². The number of morpholine rings is 1. The number of carbonyl (C=O) groups excluding carboxylic acids is 2. The predicted octanol–water partition coefficient (Wildman–Crippen LogP) is 3.20. The lowest BCUT2D eigenvalue weighted by Gasteiger charge is -2.26. The number of para-hydroxylation sites is 1. The van der Waals surface area contributed by atoms with Gasteiger partial charge in [-0.15, -0.1) is 0 Å². The molecular formula is C20H22N2O4. The summed E-state index contributed by atoms with van der Waals surface area (Å²) >= 11 is 0. The zero-order valence-corrected chi connectivity index (χ0v) is 14.6. The van der Waals surface area contributed by atoms with Crippen molar-refractivity contribution in [2.75, 3.05) is 31.6 Å². The number of anilines is 1. The van der Waals surface area contributed by atoms with Gasteiger partial charge >= 0.3 is 0 Å². The first-order valence-electron chi connectivity index (χ1n) is 9.08. The van der Waals surface area contributed by atoms with Crippen LogP contribution in [0.25, 0.3) is 11.0 Å². The zero-order valence-electron chi connectivity index (χ0n) is 14.6. The first-order chi connectivity index (χ1) is 12.7. The van der Waals surface area contributed by atoms with Gasteiger partial charge in [0.05, 0.1) is 13.2 Å². The fourth-order valence-electron chi connectivity index (χ4n) is 3.49. The van der Waals surface area contributed by atoms with Gasteiger partial charge in [0.15, 0.2) is 0 Å². The molecule has 2 heterocycles. The number of ether oxygens (including phenoxy) is 1. The van der Waals surface area contributed by atoms with Crippen molar-refractivity contribution >= 4 is 28.5 Å². The van der Waals surface area contributed by atoms with E-state index in [1.54, 1.807) is 4.90 Å². The smallest absolute Gasteiger partial charge is 0.291 e. The standard InChI is InChI=1S/C20H22N2O4/c23-19(14-6-2-1-3-7-14)21-17-15-8-4-5-9-16(15)26-18(17)20(24)22-10-12-25-13-11-22/h1-2,4-5,8-9,14H,3,6-7,10-13H2,(H,21,23)/t14-/m1/s1. The SMILES string of the molecule is O=C(Nc1c(C(=O)N2CCOCC2)oc2ccccc12)[C@@H]1CC=CCC1. The number of furan rings is 1. The van der Waals surface area contributed by atoms with E-state index in [0.29, 0.717) is 37.6 Å². The van der Waals surface area contributed by atoms with Gasteiger partial charge in [-0.3, -0.25) is 9.59 Å². The first-order valence-corrected chi connectivity index (χ1v) is 9.08. The normalized spacial score (nSPS) is 20.3. The van der Waals surface area contributed by atoms with Crippen molar-refractivity contribution in [3.8, 4) is 0 Å². The molecule has 0 saturated carbocycles. The molecule has 0 radical (unpaired) electrons. The van der Waals surface area contributed by atoms with Crippen molar-refractivity contribution in [3.63, 3.8) is 0 Å². The Balaban J connectivity index is 1.66. The molecule has 0 unspecified atom stereocenters. The zero-order chi connectivity index (χ0) is 17.9. The molecule has 1 aliphatic carbocycles. The van der Waals surface area contributed by atoms with E-state index in [0.717, 1.165) is 24.6 Å². The Bertz CT molecular complexity index is 849. The Hall–Kier alpha value is -2.60. The maximum absolute atomic E-state index is 13.0. The summed E-state index contributed by atoms with van der Waals surface area (Å²) in [6.07, 6.45) is 6.61. The molecule has 1 aromatic heterocycles. The summed E-state index contributed by atoms with van der Waals surface area (Å²) in [6.45, 7) is 2.08. The van der Waals surface area contributed by atoms with Crippen LogP contribution in [-0.2, 0) is 9.53 Å². The van der Waals surface area contributed by atoms with E-state index in [1.807, 2.05) is 30.3 Å². The number of carbonyl (C=O) groups is 2. The number of hydrogen-bond donors (Lipinski definition) is 1. The Labute approximate surface area is 151 Å². The summed E-state index contributed by atoms with van der Waals surface area (Å²) in [7, 11) is 0. The number of amides is 2. The molecule has 1 saturated heterocycles. The van der Waals surface area contributed by atoms with Gasteiger partial charge in [0.1, 0.15) is 11.3 Å². The van der Waals surface area contributed by atoms with Crippen molar-refractivity contribution in [3.05, 3.63) is 42.2 Å². The lowest BCUT2D eigenvalue weighted by Crippen LogP contribution is -2.40. The number of allylic oxidation sites excluding steroid dienone is 2. The van der Waals surface area contributed by atoms with Crippen molar-refractivity contribution in [1.82, 2.24) is 4.90 Å². The van der Waals surface area contributed by atoms with Gasteiger partial charge < -0.3 is 19.4 Å². The largest absolute Gasteiger partial charge is 0.449 e. The van der Waals surface area contributed by atoms with Crippen LogP contribution >= 0.6 is 0 Å². The highest BCUT2D eigenvalue weighted by molar-refractivity contribution is 6.11. The number of rotatable bonds is 3. The lowest BCUT2D eigenvalue weighted by atomic mass is 9.93. The molecule has 6 nitrogen and oxygen atoms in total. The summed E-state index contributed by atoms with van der Waals surface area (Å²) < 4.78 is 11.2. The summed E-state index contributed by atoms with van der Waals surface area (Å²) in [4.78, 5) is 27.4. The molecule has 26 heavy (non-hydrogen) atoms. The fraction of sp³-hybridized carbons (Fsp3) is 0.400. The van der Waals surface area contributed by atoms with E-state index >= 15 is 0 Å². The third kappa shape index (κ3) is 3.24. The van der Waals surface area contributed by atoms with Crippen LogP contribution in [0.2, 0.25) is 0 Å². The summed E-state index contributed by atoms with van der Waals surface area (Å²) in [5, 5.41) is 3.73. The second-order valence-corrected chi connectivity index (χ2v) is 6.68. The highest BCUT2D eigenvalue weighted by atomic mass is 16.5. The fourth-order valence-corrected chi connectivity index (χ4v) is 3.49. The molecule has 0 spiro atoms. The molecule has 1 fully saturated rings.